The molecule has 26 heavy (non-hydrogen) atoms. The van der Waals surface area contributed by atoms with E-state index in [0.29, 0.717) is 5.56 Å². The van der Waals surface area contributed by atoms with Crippen LogP contribution in [0.25, 0.3) is 0 Å². The van der Waals surface area contributed by atoms with Crippen molar-refractivity contribution in [2.75, 3.05) is 13.1 Å². The molecular weight excluding hydrogens is 330 g/mol. The first kappa shape index (κ1) is 18.9. The summed E-state index contributed by atoms with van der Waals surface area (Å²) in [4.78, 5) is 25.8. The Morgan fingerprint density at radius 3 is 2.00 bits per heavy atom. The lowest BCUT2D eigenvalue weighted by molar-refractivity contribution is -0.162. The van der Waals surface area contributed by atoms with Crippen molar-refractivity contribution < 1.29 is 19.8 Å². The number of fused-ring (bicyclic) bond motifs is 1. The molecule has 5 heteroatoms. The number of carboxylic acid groups (broad SMARTS) is 1. The van der Waals surface area contributed by atoms with Crippen LogP contribution in [0.15, 0.2) is 18.2 Å². The molecule has 1 aliphatic heterocycles. The van der Waals surface area contributed by atoms with E-state index in [4.69, 9.17) is 5.11 Å². The average molecular weight is 359 g/mol. The lowest BCUT2D eigenvalue weighted by Gasteiger charge is -2.42. The fourth-order valence-corrected chi connectivity index (χ4v) is 4.20. The fraction of sp³-hybridized carbons (Fsp3) is 0.619. The second-order valence-electron chi connectivity index (χ2n) is 9.16. The molecule has 2 N–H and O–H groups in total. The summed E-state index contributed by atoms with van der Waals surface area (Å²) < 4.78 is 0. The van der Waals surface area contributed by atoms with Gasteiger partial charge in [-0.25, -0.2) is 4.79 Å². The Morgan fingerprint density at radius 2 is 1.46 bits per heavy atom. The first-order valence-corrected chi connectivity index (χ1v) is 9.36. The third-order valence-electron chi connectivity index (χ3n) is 6.38. The van der Waals surface area contributed by atoms with Crippen LogP contribution in [-0.4, -0.2) is 45.7 Å². The fourth-order valence-electron chi connectivity index (χ4n) is 4.20. The summed E-state index contributed by atoms with van der Waals surface area (Å²) in [7, 11) is 0. The molecule has 0 spiro atoms. The van der Waals surface area contributed by atoms with Crippen LogP contribution in [0.5, 0.6) is 0 Å². The van der Waals surface area contributed by atoms with E-state index in [9.17, 15) is 14.7 Å². The van der Waals surface area contributed by atoms with Gasteiger partial charge in [0.2, 0.25) is 0 Å². The molecule has 2 aliphatic rings. The molecule has 1 fully saturated rings. The minimum Gasteiger partial charge on any atom is -0.479 e. The van der Waals surface area contributed by atoms with Crippen LogP contribution in [0.3, 0.4) is 0 Å². The van der Waals surface area contributed by atoms with Crippen molar-refractivity contribution >= 4 is 11.9 Å². The number of carbonyl (C=O) groups is 2. The van der Waals surface area contributed by atoms with Crippen molar-refractivity contribution in [3.05, 3.63) is 34.9 Å². The molecule has 0 unspecified atom stereocenters. The Kier molecular flexibility index (Phi) is 4.42. The molecule has 1 aromatic carbocycles. The van der Waals surface area contributed by atoms with Crippen molar-refractivity contribution in [1.29, 1.82) is 0 Å². The van der Waals surface area contributed by atoms with Crippen LogP contribution < -0.4 is 0 Å². The summed E-state index contributed by atoms with van der Waals surface area (Å²) in [6.45, 7) is 9.47. The van der Waals surface area contributed by atoms with E-state index in [1.807, 2.05) is 12.1 Å². The summed E-state index contributed by atoms with van der Waals surface area (Å²) in [6, 6.07) is 6.00. The highest BCUT2D eigenvalue weighted by atomic mass is 16.4. The standard InChI is InChI=1S/C21H29NO4/c1-19(2)7-8-20(3,4)16-13-14(5-6-15(16)19)17(23)22-11-9-21(26,10-12-22)18(24)25/h5-6,13,26H,7-12H2,1-4H3,(H,24,25). The molecule has 0 atom stereocenters. The summed E-state index contributed by atoms with van der Waals surface area (Å²) >= 11 is 0. The average Bonchev–Trinajstić information content (AvgIpc) is 2.59. The second kappa shape index (κ2) is 6.08. The number of hydrogen-bond acceptors (Lipinski definition) is 3. The third-order valence-corrected chi connectivity index (χ3v) is 6.38. The van der Waals surface area contributed by atoms with E-state index in [-0.39, 0.29) is 42.7 Å². The van der Waals surface area contributed by atoms with Gasteiger partial charge in [0.1, 0.15) is 0 Å². The number of aliphatic carboxylic acids is 1. The molecule has 3 rings (SSSR count). The maximum absolute atomic E-state index is 12.9. The van der Waals surface area contributed by atoms with E-state index in [2.05, 4.69) is 33.8 Å². The number of piperidine rings is 1. The molecule has 0 radical (unpaired) electrons. The highest BCUT2D eigenvalue weighted by Gasteiger charge is 2.41. The van der Waals surface area contributed by atoms with Crippen LogP contribution in [-0.2, 0) is 15.6 Å². The number of likely N-dealkylation sites (tertiary alicyclic amines) is 1. The van der Waals surface area contributed by atoms with Gasteiger partial charge in [0.15, 0.2) is 5.60 Å². The molecule has 1 amide bonds. The SMILES string of the molecule is CC1(C)CCC(C)(C)c2cc(C(=O)N3CCC(O)(C(=O)O)CC3)ccc21. The first-order valence-electron chi connectivity index (χ1n) is 9.36. The lowest BCUT2D eigenvalue weighted by Crippen LogP contribution is -2.50. The van der Waals surface area contributed by atoms with Crippen molar-refractivity contribution in [1.82, 2.24) is 4.90 Å². The van der Waals surface area contributed by atoms with E-state index in [1.165, 1.54) is 11.1 Å². The van der Waals surface area contributed by atoms with E-state index in [1.54, 1.807) is 4.90 Å². The van der Waals surface area contributed by atoms with Crippen molar-refractivity contribution in [3.63, 3.8) is 0 Å². The second-order valence-corrected chi connectivity index (χ2v) is 9.16. The quantitative estimate of drug-likeness (QED) is 0.851. The topological polar surface area (TPSA) is 77.8 Å². The van der Waals surface area contributed by atoms with Crippen LogP contribution in [0.4, 0.5) is 0 Å². The number of nitrogens with zero attached hydrogens (tertiary/aromatic N) is 1. The molecule has 1 heterocycles. The van der Waals surface area contributed by atoms with E-state index >= 15 is 0 Å². The Labute approximate surface area is 155 Å². The Morgan fingerprint density at radius 1 is 0.923 bits per heavy atom. The zero-order valence-electron chi connectivity index (χ0n) is 16.1. The largest absolute Gasteiger partial charge is 0.479 e. The highest BCUT2D eigenvalue weighted by molar-refractivity contribution is 5.95. The summed E-state index contributed by atoms with van der Waals surface area (Å²) in [5.74, 6) is -1.29. The highest BCUT2D eigenvalue weighted by Crippen LogP contribution is 2.46. The van der Waals surface area contributed by atoms with E-state index in [0.717, 1.165) is 12.8 Å². The zero-order chi connectivity index (χ0) is 19.3. The third kappa shape index (κ3) is 3.13. The van der Waals surface area contributed by atoms with Crippen LogP contribution in [0.2, 0.25) is 0 Å². The van der Waals surface area contributed by atoms with Gasteiger partial charge in [0.25, 0.3) is 5.91 Å². The van der Waals surface area contributed by atoms with Crippen LogP contribution in [0, 0.1) is 0 Å². The molecule has 1 aromatic rings. The molecule has 5 nitrogen and oxygen atoms in total. The molecular formula is C21H29NO4. The number of carboxylic acids is 1. The van der Waals surface area contributed by atoms with Gasteiger partial charge in [0, 0.05) is 31.5 Å². The Bertz CT molecular complexity index is 742. The summed E-state index contributed by atoms with van der Waals surface area (Å²) in [5, 5.41) is 19.2. The minimum absolute atomic E-state index is 0.0343. The summed E-state index contributed by atoms with van der Waals surface area (Å²) in [5.41, 5.74) is 1.62. The maximum Gasteiger partial charge on any atom is 0.335 e. The Hall–Kier alpha value is -1.88. The minimum atomic E-state index is -1.71. The smallest absolute Gasteiger partial charge is 0.335 e. The number of hydrogen-bond donors (Lipinski definition) is 2. The predicted octanol–water partition coefficient (Wildman–Crippen LogP) is 3.09. The van der Waals surface area contributed by atoms with Gasteiger partial charge in [-0.05, 0) is 46.9 Å². The van der Waals surface area contributed by atoms with Gasteiger partial charge in [-0.15, -0.1) is 0 Å². The number of rotatable bonds is 2. The van der Waals surface area contributed by atoms with E-state index < -0.39 is 11.6 Å². The zero-order valence-corrected chi connectivity index (χ0v) is 16.1. The molecule has 0 aromatic heterocycles. The van der Waals surface area contributed by atoms with Gasteiger partial charge >= 0.3 is 5.97 Å². The number of benzene rings is 1. The van der Waals surface area contributed by atoms with Gasteiger partial charge in [-0.1, -0.05) is 33.8 Å². The van der Waals surface area contributed by atoms with Gasteiger partial charge in [0.05, 0.1) is 0 Å². The molecule has 1 saturated heterocycles. The lowest BCUT2D eigenvalue weighted by atomic mass is 9.63. The van der Waals surface area contributed by atoms with Crippen molar-refractivity contribution in [2.45, 2.75) is 69.8 Å². The van der Waals surface area contributed by atoms with Gasteiger partial charge in [-0.3, -0.25) is 4.79 Å². The molecule has 0 bridgehead atoms. The van der Waals surface area contributed by atoms with Crippen molar-refractivity contribution in [2.24, 2.45) is 0 Å². The van der Waals surface area contributed by atoms with Gasteiger partial charge < -0.3 is 15.1 Å². The Balaban J connectivity index is 1.85. The predicted molar refractivity (Wildman–Crippen MR) is 99.5 cm³/mol. The summed E-state index contributed by atoms with van der Waals surface area (Å²) in [6.07, 6.45) is 2.34. The normalized spacial score (nSPS) is 23.2. The number of aliphatic hydroxyl groups is 1. The number of carbonyl (C=O) groups excluding carboxylic acids is 1. The first-order chi connectivity index (χ1) is 12.0. The molecule has 1 aliphatic carbocycles. The van der Waals surface area contributed by atoms with Crippen molar-refractivity contribution in [3.8, 4) is 0 Å². The van der Waals surface area contributed by atoms with Crippen LogP contribution in [0.1, 0.15) is 74.9 Å². The van der Waals surface area contributed by atoms with Gasteiger partial charge in [-0.2, -0.15) is 0 Å². The monoisotopic (exact) mass is 359 g/mol. The van der Waals surface area contributed by atoms with Crippen LogP contribution >= 0.6 is 0 Å². The number of amides is 1. The maximum atomic E-state index is 12.9. The molecule has 142 valence electrons. The molecule has 0 saturated carbocycles.